The van der Waals surface area contributed by atoms with E-state index in [0.29, 0.717) is 24.9 Å². The molecular formula is C28H41N3O5. The summed E-state index contributed by atoms with van der Waals surface area (Å²) >= 11 is 0. The Balaban J connectivity index is 1.75. The van der Waals surface area contributed by atoms with Crippen LogP contribution in [0, 0.1) is 5.92 Å². The van der Waals surface area contributed by atoms with Gasteiger partial charge in [-0.1, -0.05) is 46.8 Å². The van der Waals surface area contributed by atoms with Crippen molar-refractivity contribution in [1.82, 2.24) is 15.1 Å². The van der Waals surface area contributed by atoms with Crippen molar-refractivity contribution in [3.8, 4) is 0 Å². The molecule has 8 nitrogen and oxygen atoms in total. The largest absolute Gasteiger partial charge is 0.444 e. The number of ketones is 1. The average Bonchev–Trinajstić information content (AvgIpc) is 3.32. The van der Waals surface area contributed by atoms with Crippen molar-refractivity contribution in [3.63, 3.8) is 0 Å². The van der Waals surface area contributed by atoms with Crippen LogP contribution in [0.5, 0.6) is 0 Å². The maximum atomic E-state index is 13.7. The summed E-state index contributed by atoms with van der Waals surface area (Å²) in [6, 6.07) is 5.54. The number of hydrogen-bond acceptors (Lipinski definition) is 5. The number of amides is 3. The van der Waals surface area contributed by atoms with Gasteiger partial charge in [0, 0.05) is 12.1 Å². The molecule has 2 saturated heterocycles. The molecule has 0 bridgehead atoms. The number of carbonyl (C=O) groups is 4. The molecule has 2 heterocycles. The fourth-order valence-corrected chi connectivity index (χ4v) is 4.89. The van der Waals surface area contributed by atoms with Crippen LogP contribution in [-0.2, 0) is 19.7 Å². The van der Waals surface area contributed by atoms with Gasteiger partial charge in [0.1, 0.15) is 17.7 Å². The predicted octanol–water partition coefficient (Wildman–Crippen LogP) is 3.92. The number of benzene rings is 1. The number of rotatable bonds is 5. The second kappa shape index (κ2) is 10.2. The Morgan fingerprint density at radius 1 is 1.03 bits per heavy atom. The lowest BCUT2D eigenvalue weighted by Gasteiger charge is -2.29. The molecule has 0 aliphatic carbocycles. The van der Waals surface area contributed by atoms with Crippen molar-refractivity contribution in [3.05, 3.63) is 35.4 Å². The third kappa shape index (κ3) is 6.26. The first-order valence-corrected chi connectivity index (χ1v) is 12.8. The van der Waals surface area contributed by atoms with E-state index >= 15 is 0 Å². The summed E-state index contributed by atoms with van der Waals surface area (Å²) in [5.74, 6) is -0.629. The van der Waals surface area contributed by atoms with Gasteiger partial charge in [-0.2, -0.15) is 0 Å². The van der Waals surface area contributed by atoms with Gasteiger partial charge in [-0.25, -0.2) is 4.79 Å². The zero-order valence-corrected chi connectivity index (χ0v) is 22.9. The van der Waals surface area contributed by atoms with Crippen LogP contribution in [0.25, 0.3) is 0 Å². The summed E-state index contributed by atoms with van der Waals surface area (Å²) in [7, 11) is 0. The minimum atomic E-state index is -0.762. The number of hydrogen-bond donors (Lipinski definition) is 1. The number of fused-ring (bicyclic) bond motifs is 1. The molecule has 3 amide bonds. The van der Waals surface area contributed by atoms with Crippen LogP contribution < -0.4 is 5.32 Å². The lowest BCUT2D eigenvalue weighted by molar-refractivity contribution is -0.138. The summed E-state index contributed by atoms with van der Waals surface area (Å²) in [6.45, 7) is 15.9. The molecule has 1 aromatic carbocycles. The van der Waals surface area contributed by atoms with E-state index in [0.717, 1.165) is 5.56 Å². The van der Waals surface area contributed by atoms with E-state index in [1.807, 2.05) is 26.0 Å². The molecular weight excluding hydrogens is 458 g/mol. The Hall–Kier alpha value is -2.90. The van der Waals surface area contributed by atoms with Crippen molar-refractivity contribution >= 4 is 23.7 Å². The highest BCUT2D eigenvalue weighted by Crippen LogP contribution is 2.32. The maximum absolute atomic E-state index is 13.7. The van der Waals surface area contributed by atoms with Crippen molar-refractivity contribution in [2.45, 2.75) is 97.4 Å². The third-order valence-corrected chi connectivity index (χ3v) is 6.66. The van der Waals surface area contributed by atoms with Gasteiger partial charge in [0.05, 0.1) is 12.6 Å². The Morgan fingerprint density at radius 3 is 2.17 bits per heavy atom. The topological polar surface area (TPSA) is 96.0 Å². The van der Waals surface area contributed by atoms with Gasteiger partial charge >= 0.3 is 6.09 Å². The van der Waals surface area contributed by atoms with Gasteiger partial charge < -0.3 is 15.0 Å². The van der Waals surface area contributed by atoms with Gasteiger partial charge in [-0.15, -0.1) is 0 Å². The minimum absolute atomic E-state index is 0.0293. The Morgan fingerprint density at radius 2 is 1.64 bits per heavy atom. The fraction of sp³-hybridized carbons (Fsp3) is 0.643. The summed E-state index contributed by atoms with van der Waals surface area (Å²) < 4.78 is 5.48. The van der Waals surface area contributed by atoms with Crippen LogP contribution in [0.4, 0.5) is 4.79 Å². The molecule has 0 radical (unpaired) electrons. The van der Waals surface area contributed by atoms with Crippen LogP contribution in [0.3, 0.4) is 0 Å². The average molecular weight is 500 g/mol. The van der Waals surface area contributed by atoms with Crippen molar-refractivity contribution in [1.29, 1.82) is 0 Å². The zero-order valence-electron chi connectivity index (χ0n) is 22.9. The highest BCUT2D eigenvalue weighted by atomic mass is 16.6. The second-order valence-electron chi connectivity index (χ2n) is 12.4. The van der Waals surface area contributed by atoms with Gasteiger partial charge in [-0.05, 0) is 62.6 Å². The van der Waals surface area contributed by atoms with Crippen LogP contribution in [0.1, 0.15) is 84.2 Å². The molecule has 3 atom stereocenters. The number of ether oxygens (including phenoxy) is 1. The minimum Gasteiger partial charge on any atom is -0.444 e. The lowest BCUT2D eigenvalue weighted by Crippen LogP contribution is -2.53. The second-order valence-corrected chi connectivity index (χ2v) is 12.4. The van der Waals surface area contributed by atoms with Crippen molar-refractivity contribution < 1.29 is 23.9 Å². The van der Waals surface area contributed by atoms with Crippen LogP contribution in [-0.4, -0.2) is 70.3 Å². The molecule has 0 spiro atoms. The normalized spacial score (nSPS) is 21.0. The van der Waals surface area contributed by atoms with Crippen LogP contribution >= 0.6 is 0 Å². The first-order chi connectivity index (χ1) is 16.6. The fourth-order valence-electron chi connectivity index (χ4n) is 4.89. The first kappa shape index (κ1) is 27.7. The summed E-state index contributed by atoms with van der Waals surface area (Å²) in [4.78, 5) is 55.3. The number of nitrogens with one attached hydrogen (secondary N) is 1. The van der Waals surface area contributed by atoms with Crippen molar-refractivity contribution in [2.75, 3.05) is 13.1 Å². The molecule has 0 saturated carbocycles. The monoisotopic (exact) mass is 499 g/mol. The summed E-state index contributed by atoms with van der Waals surface area (Å²) in [5, 5.41) is 2.91. The Labute approximate surface area is 214 Å². The van der Waals surface area contributed by atoms with E-state index in [1.54, 1.807) is 37.8 Å². The number of nitrogens with zero attached hydrogens (tertiary/aromatic N) is 2. The quantitative estimate of drug-likeness (QED) is 0.663. The van der Waals surface area contributed by atoms with E-state index in [1.165, 1.54) is 4.90 Å². The number of Topliss-reactive ketones (excluding diaryl/α,β-unsaturated/α-hetero) is 1. The number of carbonyl (C=O) groups excluding carboxylic acids is 4. The van der Waals surface area contributed by atoms with Gasteiger partial charge in [0.2, 0.25) is 5.91 Å². The molecule has 2 aliphatic heterocycles. The van der Waals surface area contributed by atoms with Gasteiger partial charge in [0.15, 0.2) is 5.78 Å². The SMILES string of the molecule is CC(C)C[C@H](NC(=O)c1ccc(C(C)(C)C)cc1)C(=O)N1CC[C@@H]2[C@H]1C(=O)CN2C(=O)OC(C)(C)C. The molecule has 1 N–H and O–H groups in total. The van der Waals surface area contributed by atoms with E-state index < -0.39 is 29.8 Å². The smallest absolute Gasteiger partial charge is 0.411 e. The highest BCUT2D eigenvalue weighted by Gasteiger charge is 2.53. The predicted molar refractivity (Wildman–Crippen MR) is 138 cm³/mol. The van der Waals surface area contributed by atoms with Gasteiger partial charge in [0.25, 0.3) is 5.91 Å². The highest BCUT2D eigenvalue weighted by molar-refractivity contribution is 6.00. The maximum Gasteiger partial charge on any atom is 0.411 e. The van der Waals surface area contributed by atoms with E-state index in [4.69, 9.17) is 4.74 Å². The summed E-state index contributed by atoms with van der Waals surface area (Å²) in [6.07, 6.45) is 0.406. The molecule has 3 rings (SSSR count). The standard InChI is InChI=1S/C28H41N3O5/c1-17(2)15-20(29-24(33)18-9-11-19(12-10-18)27(3,4)5)25(34)30-14-13-21-23(30)22(32)16-31(21)26(35)36-28(6,7)8/h9-12,17,20-21,23H,13-16H2,1-8H3,(H,29,33)/t20-,21+,23-/m0/s1. The zero-order chi connectivity index (χ0) is 27.0. The molecule has 1 aromatic rings. The van der Waals surface area contributed by atoms with Crippen molar-refractivity contribution in [2.24, 2.45) is 5.92 Å². The van der Waals surface area contributed by atoms with Gasteiger partial charge in [-0.3, -0.25) is 19.3 Å². The Bertz CT molecular complexity index is 1000. The molecule has 36 heavy (non-hydrogen) atoms. The third-order valence-electron chi connectivity index (χ3n) is 6.66. The van der Waals surface area contributed by atoms with Crippen LogP contribution in [0.2, 0.25) is 0 Å². The van der Waals surface area contributed by atoms with E-state index in [-0.39, 0.29) is 35.5 Å². The molecule has 2 aliphatic rings. The molecule has 0 unspecified atom stereocenters. The Kier molecular flexibility index (Phi) is 7.86. The number of likely N-dealkylation sites (tertiary alicyclic amines) is 2. The lowest BCUT2D eigenvalue weighted by atomic mass is 9.86. The summed E-state index contributed by atoms with van der Waals surface area (Å²) in [5.41, 5.74) is 0.894. The van der Waals surface area contributed by atoms with E-state index in [2.05, 4.69) is 26.1 Å². The first-order valence-electron chi connectivity index (χ1n) is 12.8. The van der Waals surface area contributed by atoms with E-state index in [9.17, 15) is 19.2 Å². The molecule has 0 aromatic heterocycles. The molecule has 8 heteroatoms. The molecule has 2 fully saturated rings. The molecule has 198 valence electrons. The van der Waals surface area contributed by atoms with Crippen LogP contribution in [0.15, 0.2) is 24.3 Å².